The number of benzene rings is 1. The van der Waals surface area contributed by atoms with E-state index >= 15 is 0 Å². The fourth-order valence-electron chi connectivity index (χ4n) is 1.85. The molecule has 0 fully saturated rings. The summed E-state index contributed by atoms with van der Waals surface area (Å²) in [5, 5.41) is 10.3. The number of rotatable bonds is 7. The normalized spacial score (nSPS) is 11.0. The molecule has 116 valence electrons. The van der Waals surface area contributed by atoms with Gasteiger partial charge in [-0.3, -0.25) is 0 Å². The molecule has 0 unspecified atom stereocenters. The van der Waals surface area contributed by atoms with Crippen LogP contribution in [0.2, 0.25) is 0 Å². The maximum atomic E-state index is 11.6. The molecule has 0 saturated carbocycles. The highest BCUT2D eigenvalue weighted by molar-refractivity contribution is 7.14. The number of hydrogen-bond acceptors (Lipinski definition) is 5. The zero-order chi connectivity index (χ0) is 15.8. The predicted octanol–water partition coefficient (Wildman–Crippen LogP) is 4.42. The van der Waals surface area contributed by atoms with Gasteiger partial charge in [0.25, 0.3) is 0 Å². The lowest BCUT2D eigenvalue weighted by Gasteiger charge is -2.02. The van der Waals surface area contributed by atoms with Gasteiger partial charge in [0, 0.05) is 18.1 Å². The van der Waals surface area contributed by atoms with Gasteiger partial charge < -0.3 is 4.74 Å². The molecule has 0 saturated heterocycles. The van der Waals surface area contributed by atoms with Crippen molar-refractivity contribution < 1.29 is 9.53 Å². The Morgan fingerprint density at radius 1 is 1.18 bits per heavy atom. The van der Waals surface area contributed by atoms with E-state index in [1.54, 1.807) is 23.5 Å². The van der Waals surface area contributed by atoms with E-state index in [9.17, 15) is 4.79 Å². The highest BCUT2D eigenvalue weighted by atomic mass is 32.1. The van der Waals surface area contributed by atoms with Crippen LogP contribution in [0.15, 0.2) is 36.4 Å². The molecule has 0 aliphatic heterocycles. The lowest BCUT2D eigenvalue weighted by Crippen LogP contribution is -2.03. The fraction of sp³-hybridized carbons (Fsp3) is 0.353. The van der Waals surface area contributed by atoms with Crippen LogP contribution in [-0.4, -0.2) is 16.2 Å². The van der Waals surface area contributed by atoms with Crippen molar-refractivity contribution >= 4 is 17.3 Å². The minimum absolute atomic E-state index is 0.345. The molecule has 1 heterocycles. The monoisotopic (exact) mass is 316 g/mol. The molecule has 2 rings (SSSR count). The highest BCUT2D eigenvalue weighted by Crippen LogP contribution is 2.26. The van der Waals surface area contributed by atoms with E-state index in [1.165, 1.54) is 6.08 Å². The van der Waals surface area contributed by atoms with Crippen LogP contribution in [0.25, 0.3) is 10.6 Å². The Kier molecular flexibility index (Phi) is 6.27. The fourth-order valence-corrected chi connectivity index (χ4v) is 2.79. The summed E-state index contributed by atoms with van der Waals surface area (Å²) >= 11 is 1.60. The maximum Gasteiger partial charge on any atom is 0.335 e. The first kappa shape index (κ1) is 16.4. The molecule has 22 heavy (non-hydrogen) atoms. The molecule has 0 atom stereocenters. The minimum atomic E-state index is -0.345. The second kappa shape index (κ2) is 8.44. The van der Waals surface area contributed by atoms with E-state index in [-0.39, 0.29) is 5.97 Å². The molecule has 0 N–H and O–H groups in total. The predicted molar refractivity (Wildman–Crippen MR) is 89.0 cm³/mol. The Labute approximate surface area is 134 Å². The zero-order valence-corrected chi connectivity index (χ0v) is 13.7. The third-order valence-corrected chi connectivity index (χ3v) is 3.99. The van der Waals surface area contributed by atoms with Crippen LogP contribution >= 0.6 is 11.3 Å². The lowest BCUT2D eigenvalue weighted by atomic mass is 10.2. The van der Waals surface area contributed by atoms with Crippen LogP contribution in [0.5, 0.6) is 5.75 Å². The first-order valence-corrected chi connectivity index (χ1v) is 8.35. The molecular formula is C17H20N2O2S. The van der Waals surface area contributed by atoms with Crippen LogP contribution in [0.3, 0.4) is 0 Å². The van der Waals surface area contributed by atoms with Gasteiger partial charge in [-0.1, -0.05) is 37.7 Å². The van der Waals surface area contributed by atoms with Crippen LogP contribution in [-0.2, 0) is 11.2 Å². The van der Waals surface area contributed by atoms with E-state index in [0.29, 0.717) is 5.75 Å². The number of carbonyl (C=O) groups excluding carboxylic acids is 1. The van der Waals surface area contributed by atoms with Gasteiger partial charge in [0.05, 0.1) is 0 Å². The van der Waals surface area contributed by atoms with Gasteiger partial charge in [0.1, 0.15) is 15.8 Å². The zero-order valence-electron chi connectivity index (χ0n) is 12.9. The van der Waals surface area contributed by atoms with Crippen molar-refractivity contribution in [3.63, 3.8) is 0 Å². The van der Waals surface area contributed by atoms with Crippen molar-refractivity contribution in [1.82, 2.24) is 10.2 Å². The van der Waals surface area contributed by atoms with Crippen LogP contribution in [0.4, 0.5) is 0 Å². The molecule has 0 bridgehead atoms. The van der Waals surface area contributed by atoms with E-state index in [1.807, 2.05) is 18.2 Å². The summed E-state index contributed by atoms with van der Waals surface area (Å²) in [7, 11) is 0. The van der Waals surface area contributed by atoms with E-state index in [0.717, 1.165) is 41.3 Å². The first-order valence-electron chi connectivity index (χ1n) is 7.54. The Hall–Kier alpha value is -2.01. The van der Waals surface area contributed by atoms with Gasteiger partial charge in [0.2, 0.25) is 0 Å². The molecule has 0 radical (unpaired) electrons. The third kappa shape index (κ3) is 4.77. The summed E-state index contributed by atoms with van der Waals surface area (Å²) in [5.74, 6) is 0.190. The van der Waals surface area contributed by atoms with Gasteiger partial charge in [-0.15, -0.1) is 10.2 Å². The number of esters is 1. The SMILES string of the molecule is CCC/C=C/C(=O)Oc1ccc(-c2nnc(CCC)s2)cc1. The van der Waals surface area contributed by atoms with Crippen molar-refractivity contribution in [2.45, 2.75) is 39.5 Å². The Morgan fingerprint density at radius 3 is 2.64 bits per heavy atom. The number of allylic oxidation sites excluding steroid dienone is 1. The third-order valence-electron chi connectivity index (χ3n) is 2.96. The number of aromatic nitrogens is 2. The Morgan fingerprint density at radius 2 is 1.95 bits per heavy atom. The number of nitrogens with zero attached hydrogens (tertiary/aromatic N) is 2. The standard InChI is InChI=1S/C17H20N2O2S/c1-3-5-6-8-16(20)21-14-11-9-13(10-12-14)17-19-18-15(22-17)7-4-2/h6,8-12H,3-5,7H2,1-2H3/b8-6+. The second-order valence-corrected chi connectivity index (χ2v) is 5.95. The summed E-state index contributed by atoms with van der Waals surface area (Å²) < 4.78 is 5.24. The second-order valence-electron chi connectivity index (χ2n) is 4.89. The summed E-state index contributed by atoms with van der Waals surface area (Å²) in [4.78, 5) is 11.6. The van der Waals surface area contributed by atoms with Crippen molar-refractivity contribution in [1.29, 1.82) is 0 Å². The van der Waals surface area contributed by atoms with Gasteiger partial charge in [-0.2, -0.15) is 0 Å². The van der Waals surface area contributed by atoms with Crippen molar-refractivity contribution in [3.8, 4) is 16.3 Å². The van der Waals surface area contributed by atoms with Crippen molar-refractivity contribution in [2.75, 3.05) is 0 Å². The van der Waals surface area contributed by atoms with Crippen LogP contribution in [0.1, 0.15) is 38.1 Å². The Bertz CT molecular complexity index is 632. The number of ether oxygens (including phenoxy) is 1. The van der Waals surface area contributed by atoms with Gasteiger partial charge >= 0.3 is 5.97 Å². The lowest BCUT2D eigenvalue weighted by molar-refractivity contribution is -0.129. The molecule has 1 aromatic carbocycles. The topological polar surface area (TPSA) is 52.1 Å². The van der Waals surface area contributed by atoms with E-state index in [4.69, 9.17) is 4.74 Å². The highest BCUT2D eigenvalue weighted by Gasteiger charge is 2.07. The van der Waals surface area contributed by atoms with E-state index < -0.39 is 0 Å². The van der Waals surface area contributed by atoms with Crippen LogP contribution < -0.4 is 4.74 Å². The molecular weight excluding hydrogens is 296 g/mol. The summed E-state index contributed by atoms with van der Waals surface area (Å²) in [6.07, 6.45) is 7.21. The van der Waals surface area contributed by atoms with Crippen LogP contribution in [0, 0.1) is 0 Å². The molecule has 0 amide bonds. The molecule has 0 spiro atoms. The molecule has 5 heteroatoms. The molecule has 1 aromatic heterocycles. The smallest absolute Gasteiger partial charge is 0.335 e. The molecule has 0 aliphatic rings. The number of unbranched alkanes of at least 4 members (excludes halogenated alkanes) is 1. The Balaban J connectivity index is 1.98. The molecule has 4 nitrogen and oxygen atoms in total. The summed E-state index contributed by atoms with van der Waals surface area (Å²) in [5.41, 5.74) is 0.987. The quantitative estimate of drug-likeness (QED) is 0.431. The van der Waals surface area contributed by atoms with Gasteiger partial charge in [-0.05, 0) is 37.1 Å². The van der Waals surface area contributed by atoms with E-state index in [2.05, 4.69) is 24.0 Å². The van der Waals surface area contributed by atoms with Gasteiger partial charge in [-0.25, -0.2) is 4.79 Å². The molecule has 0 aliphatic carbocycles. The maximum absolute atomic E-state index is 11.6. The summed E-state index contributed by atoms with van der Waals surface area (Å²) in [6, 6.07) is 7.35. The minimum Gasteiger partial charge on any atom is -0.423 e. The molecule has 2 aromatic rings. The number of carbonyl (C=O) groups is 1. The van der Waals surface area contributed by atoms with Crippen molar-refractivity contribution in [3.05, 3.63) is 41.4 Å². The number of aryl methyl sites for hydroxylation is 1. The average molecular weight is 316 g/mol. The van der Waals surface area contributed by atoms with Gasteiger partial charge in [0.15, 0.2) is 0 Å². The van der Waals surface area contributed by atoms with Crippen molar-refractivity contribution in [2.24, 2.45) is 0 Å². The first-order chi connectivity index (χ1) is 10.7. The largest absolute Gasteiger partial charge is 0.423 e. The average Bonchev–Trinajstić information content (AvgIpc) is 2.97. The summed E-state index contributed by atoms with van der Waals surface area (Å²) in [6.45, 7) is 4.19. The number of hydrogen-bond donors (Lipinski definition) is 0.